The van der Waals surface area contributed by atoms with Crippen molar-refractivity contribution in [3.05, 3.63) is 64.7 Å². The molecule has 3 aromatic heterocycles. The number of hydrogen-bond donors (Lipinski definition) is 0. The minimum absolute atomic E-state index is 0.00412. The molecule has 0 fully saturated rings. The predicted molar refractivity (Wildman–Crippen MR) is 123 cm³/mol. The summed E-state index contributed by atoms with van der Waals surface area (Å²) >= 11 is 0. The van der Waals surface area contributed by atoms with Crippen molar-refractivity contribution >= 4 is 12.0 Å². The quantitative estimate of drug-likeness (QED) is 0.598. The Morgan fingerprint density at radius 3 is 2.79 bits per heavy atom. The first-order chi connectivity index (χ1) is 16.0. The largest absolute Gasteiger partial charge is 0.481 e. The number of hydrogen-bond acceptors (Lipinski definition) is 7. The van der Waals surface area contributed by atoms with E-state index in [1.807, 2.05) is 49.1 Å². The average Bonchev–Trinajstić information content (AvgIpc) is 3.26. The Morgan fingerprint density at radius 1 is 1.15 bits per heavy atom. The van der Waals surface area contributed by atoms with Gasteiger partial charge in [-0.1, -0.05) is 6.07 Å². The molecule has 0 aromatic carbocycles. The predicted octanol–water partition coefficient (Wildman–Crippen LogP) is 3.25. The SMILES string of the molecule is COc1ccc2c(n1)C=C(C(=O)N1CCc3nc(-c4cccnc4)nc(OC(C)C)c3C1)C2. The summed E-state index contributed by atoms with van der Waals surface area (Å²) in [4.78, 5) is 33.3. The molecule has 0 N–H and O–H groups in total. The smallest absolute Gasteiger partial charge is 0.250 e. The van der Waals surface area contributed by atoms with Crippen molar-refractivity contribution in [1.82, 2.24) is 24.8 Å². The lowest BCUT2D eigenvalue weighted by molar-refractivity contribution is -0.128. The molecule has 8 nitrogen and oxygen atoms in total. The van der Waals surface area contributed by atoms with Crippen LogP contribution < -0.4 is 9.47 Å². The van der Waals surface area contributed by atoms with Crippen LogP contribution in [0.25, 0.3) is 17.5 Å². The van der Waals surface area contributed by atoms with Crippen LogP contribution in [-0.2, 0) is 24.2 Å². The third-order valence-corrected chi connectivity index (χ3v) is 5.74. The van der Waals surface area contributed by atoms with Crippen molar-refractivity contribution in [2.75, 3.05) is 13.7 Å². The highest BCUT2D eigenvalue weighted by molar-refractivity contribution is 6.00. The number of amides is 1. The van der Waals surface area contributed by atoms with Crippen molar-refractivity contribution in [2.24, 2.45) is 0 Å². The molecule has 0 unspecified atom stereocenters. The van der Waals surface area contributed by atoms with E-state index in [9.17, 15) is 4.79 Å². The molecule has 3 aromatic rings. The molecule has 1 amide bonds. The van der Waals surface area contributed by atoms with Crippen LogP contribution in [0.2, 0.25) is 0 Å². The Labute approximate surface area is 192 Å². The van der Waals surface area contributed by atoms with Gasteiger partial charge in [0.1, 0.15) is 0 Å². The highest BCUT2D eigenvalue weighted by Crippen LogP contribution is 2.32. The van der Waals surface area contributed by atoms with Gasteiger partial charge in [0.25, 0.3) is 5.91 Å². The topological polar surface area (TPSA) is 90.3 Å². The maximum Gasteiger partial charge on any atom is 0.250 e. The van der Waals surface area contributed by atoms with E-state index in [2.05, 4.69) is 15.0 Å². The summed E-state index contributed by atoms with van der Waals surface area (Å²) in [6.45, 7) is 4.92. The summed E-state index contributed by atoms with van der Waals surface area (Å²) < 4.78 is 11.3. The summed E-state index contributed by atoms with van der Waals surface area (Å²) in [6, 6.07) is 7.58. The summed E-state index contributed by atoms with van der Waals surface area (Å²) in [5.41, 5.74) is 5.18. The Bertz CT molecular complexity index is 1240. The molecule has 2 aliphatic rings. The van der Waals surface area contributed by atoms with E-state index < -0.39 is 0 Å². The summed E-state index contributed by atoms with van der Waals surface area (Å²) in [5.74, 6) is 1.67. The molecule has 0 atom stereocenters. The van der Waals surface area contributed by atoms with Gasteiger partial charge in [0.2, 0.25) is 11.8 Å². The van der Waals surface area contributed by atoms with Gasteiger partial charge in [-0.3, -0.25) is 9.78 Å². The van der Waals surface area contributed by atoms with Gasteiger partial charge in [0.15, 0.2) is 5.82 Å². The molecule has 4 heterocycles. The fraction of sp³-hybridized carbons (Fsp3) is 0.320. The molecule has 0 spiro atoms. The van der Waals surface area contributed by atoms with Gasteiger partial charge in [-0.05, 0) is 37.6 Å². The zero-order valence-electron chi connectivity index (χ0n) is 18.9. The van der Waals surface area contributed by atoms with Gasteiger partial charge >= 0.3 is 0 Å². The maximum absolute atomic E-state index is 13.4. The third kappa shape index (κ3) is 4.16. The lowest BCUT2D eigenvalue weighted by Crippen LogP contribution is -2.37. The highest BCUT2D eigenvalue weighted by Gasteiger charge is 2.30. The van der Waals surface area contributed by atoms with E-state index in [1.54, 1.807) is 19.5 Å². The molecule has 0 radical (unpaired) electrons. The number of methoxy groups -OCH3 is 1. The molecule has 0 saturated carbocycles. The van der Waals surface area contributed by atoms with Crippen molar-refractivity contribution < 1.29 is 14.3 Å². The number of ether oxygens (including phenoxy) is 2. The Hall–Kier alpha value is -3.81. The number of aromatic nitrogens is 4. The summed E-state index contributed by atoms with van der Waals surface area (Å²) in [6.07, 6.45) is 6.48. The molecule has 168 valence electrons. The van der Waals surface area contributed by atoms with E-state index in [-0.39, 0.29) is 12.0 Å². The van der Waals surface area contributed by atoms with Crippen LogP contribution in [0.3, 0.4) is 0 Å². The van der Waals surface area contributed by atoms with E-state index in [0.717, 1.165) is 33.7 Å². The van der Waals surface area contributed by atoms with Crippen LogP contribution in [0.4, 0.5) is 0 Å². The molecule has 5 rings (SSSR count). The zero-order chi connectivity index (χ0) is 22.9. The molecular weight excluding hydrogens is 418 g/mol. The number of carbonyl (C=O) groups is 1. The lowest BCUT2D eigenvalue weighted by atomic mass is 10.0. The fourth-order valence-corrected chi connectivity index (χ4v) is 4.14. The van der Waals surface area contributed by atoms with Crippen LogP contribution in [-0.4, -0.2) is 50.5 Å². The standard InChI is InChI=1S/C25H25N5O3/c1-15(2)33-24-19-14-30(10-8-20(19)28-23(29-24)17-5-4-9-26-13-17)25(31)18-11-16-6-7-22(32-3)27-21(16)12-18/h4-7,9,12-13,15H,8,10-11,14H2,1-3H3. The summed E-state index contributed by atoms with van der Waals surface area (Å²) in [7, 11) is 1.59. The molecule has 8 heteroatoms. The number of rotatable bonds is 5. The molecule has 0 bridgehead atoms. The van der Waals surface area contributed by atoms with E-state index in [1.165, 1.54) is 0 Å². The monoisotopic (exact) mass is 443 g/mol. The highest BCUT2D eigenvalue weighted by atomic mass is 16.5. The number of fused-ring (bicyclic) bond motifs is 2. The molecule has 33 heavy (non-hydrogen) atoms. The molecular formula is C25H25N5O3. The van der Waals surface area contributed by atoms with Crippen molar-refractivity contribution in [3.8, 4) is 23.1 Å². The minimum Gasteiger partial charge on any atom is -0.481 e. The first kappa shape index (κ1) is 21.1. The van der Waals surface area contributed by atoms with Crippen LogP contribution >= 0.6 is 0 Å². The number of pyridine rings is 2. The third-order valence-electron chi connectivity index (χ3n) is 5.74. The second-order valence-electron chi connectivity index (χ2n) is 8.41. The first-order valence-corrected chi connectivity index (χ1v) is 11.0. The van der Waals surface area contributed by atoms with Crippen molar-refractivity contribution in [1.29, 1.82) is 0 Å². The van der Waals surface area contributed by atoms with Gasteiger partial charge < -0.3 is 14.4 Å². The van der Waals surface area contributed by atoms with E-state index in [4.69, 9.17) is 14.5 Å². The zero-order valence-corrected chi connectivity index (χ0v) is 18.9. The van der Waals surface area contributed by atoms with Crippen molar-refractivity contribution in [2.45, 2.75) is 39.3 Å². The minimum atomic E-state index is -0.0510. The van der Waals surface area contributed by atoms with Crippen LogP contribution in [0.15, 0.2) is 42.2 Å². The van der Waals surface area contributed by atoms with Gasteiger partial charge in [-0.25, -0.2) is 9.97 Å². The Morgan fingerprint density at radius 2 is 2.03 bits per heavy atom. The van der Waals surface area contributed by atoms with Crippen LogP contribution in [0.1, 0.15) is 36.4 Å². The van der Waals surface area contributed by atoms with Gasteiger partial charge in [-0.15, -0.1) is 0 Å². The summed E-state index contributed by atoms with van der Waals surface area (Å²) in [5, 5.41) is 0. The number of carbonyl (C=O) groups excluding carboxylic acids is 1. The molecule has 0 saturated heterocycles. The fourth-order valence-electron chi connectivity index (χ4n) is 4.14. The Balaban J connectivity index is 1.42. The first-order valence-electron chi connectivity index (χ1n) is 11.0. The van der Waals surface area contributed by atoms with Crippen LogP contribution in [0.5, 0.6) is 11.8 Å². The van der Waals surface area contributed by atoms with Gasteiger partial charge in [-0.2, -0.15) is 4.98 Å². The van der Waals surface area contributed by atoms with Gasteiger partial charge in [0, 0.05) is 49.0 Å². The van der Waals surface area contributed by atoms with Crippen LogP contribution in [0, 0.1) is 0 Å². The normalized spacial score (nSPS) is 14.5. The van der Waals surface area contributed by atoms with Gasteiger partial charge in [0.05, 0.1) is 36.7 Å². The Kier molecular flexibility index (Phi) is 5.50. The molecule has 1 aliphatic heterocycles. The van der Waals surface area contributed by atoms with E-state index >= 15 is 0 Å². The second kappa shape index (κ2) is 8.61. The lowest BCUT2D eigenvalue weighted by Gasteiger charge is -2.30. The maximum atomic E-state index is 13.4. The van der Waals surface area contributed by atoms with Crippen molar-refractivity contribution in [3.63, 3.8) is 0 Å². The van der Waals surface area contributed by atoms with E-state index in [0.29, 0.717) is 43.5 Å². The second-order valence-corrected chi connectivity index (χ2v) is 8.41. The molecule has 1 aliphatic carbocycles. The average molecular weight is 444 g/mol. The number of nitrogens with zero attached hydrogens (tertiary/aromatic N) is 5.